The number of rotatable bonds is 6. The summed E-state index contributed by atoms with van der Waals surface area (Å²) < 4.78 is 1.83. The summed E-state index contributed by atoms with van der Waals surface area (Å²) in [6.45, 7) is 1.83. The van der Waals surface area contributed by atoms with Gasteiger partial charge in [-0.05, 0) is 44.4 Å². The van der Waals surface area contributed by atoms with Crippen molar-refractivity contribution in [3.8, 4) is 0 Å². The minimum atomic E-state index is -0.00569. The summed E-state index contributed by atoms with van der Waals surface area (Å²) in [6.07, 6.45) is 6.21. The van der Waals surface area contributed by atoms with Gasteiger partial charge in [0.15, 0.2) is 0 Å². The van der Waals surface area contributed by atoms with Crippen LogP contribution >= 0.6 is 0 Å². The smallest absolute Gasteiger partial charge is 0.269 e. The molecule has 100 valence electrons. The van der Waals surface area contributed by atoms with Crippen molar-refractivity contribution in [2.24, 2.45) is 0 Å². The summed E-state index contributed by atoms with van der Waals surface area (Å²) in [4.78, 5) is 16.1. The highest BCUT2D eigenvalue weighted by Gasteiger charge is 2.19. The van der Waals surface area contributed by atoms with Crippen molar-refractivity contribution in [1.82, 2.24) is 14.9 Å². The lowest BCUT2D eigenvalue weighted by Gasteiger charge is -2.09. The Balaban J connectivity index is 1.65. The van der Waals surface area contributed by atoms with Crippen LogP contribution in [0.4, 0.5) is 0 Å². The first-order chi connectivity index (χ1) is 9.34. The fourth-order valence-electron chi connectivity index (χ4n) is 2.33. The quantitative estimate of drug-likeness (QED) is 0.804. The number of aromatic nitrogens is 2. The zero-order valence-electron chi connectivity index (χ0n) is 11.0. The molecule has 1 fully saturated rings. The van der Waals surface area contributed by atoms with Gasteiger partial charge in [-0.25, -0.2) is 4.98 Å². The SMILES string of the molecule is O=c1cnc2ccccc2n1CCCCNC1CC1. The largest absolute Gasteiger partial charge is 0.314 e. The zero-order chi connectivity index (χ0) is 13.1. The lowest BCUT2D eigenvalue weighted by atomic mass is 10.2. The lowest BCUT2D eigenvalue weighted by Crippen LogP contribution is -2.22. The normalized spacial score (nSPS) is 14.9. The van der Waals surface area contributed by atoms with Gasteiger partial charge in [0.1, 0.15) is 0 Å². The molecule has 0 saturated heterocycles. The zero-order valence-corrected chi connectivity index (χ0v) is 11.0. The number of unbranched alkanes of at least 4 members (excludes halogenated alkanes) is 1. The standard InChI is InChI=1S/C15H19N3O/c19-15-11-17-13-5-1-2-6-14(13)18(15)10-4-3-9-16-12-7-8-12/h1-2,5-6,11-12,16H,3-4,7-10H2. The topological polar surface area (TPSA) is 46.9 Å². The van der Waals surface area contributed by atoms with Gasteiger partial charge in [0, 0.05) is 12.6 Å². The average Bonchev–Trinajstić information content (AvgIpc) is 3.25. The maximum absolute atomic E-state index is 11.9. The van der Waals surface area contributed by atoms with Crippen LogP contribution in [0.25, 0.3) is 11.0 Å². The first-order valence-electron chi connectivity index (χ1n) is 7.02. The van der Waals surface area contributed by atoms with E-state index in [1.807, 2.05) is 28.8 Å². The van der Waals surface area contributed by atoms with E-state index >= 15 is 0 Å². The van der Waals surface area contributed by atoms with Crippen LogP contribution in [0.1, 0.15) is 25.7 Å². The van der Waals surface area contributed by atoms with Crippen molar-refractivity contribution in [2.75, 3.05) is 6.54 Å². The molecule has 1 aromatic heterocycles. The van der Waals surface area contributed by atoms with E-state index in [2.05, 4.69) is 10.3 Å². The lowest BCUT2D eigenvalue weighted by molar-refractivity contribution is 0.566. The molecule has 3 rings (SSSR count). The fourth-order valence-corrected chi connectivity index (χ4v) is 2.33. The summed E-state index contributed by atoms with van der Waals surface area (Å²) in [7, 11) is 0. The van der Waals surface area contributed by atoms with Gasteiger partial charge in [0.2, 0.25) is 0 Å². The number of hydrogen-bond acceptors (Lipinski definition) is 3. The van der Waals surface area contributed by atoms with Crippen LogP contribution in [0.2, 0.25) is 0 Å². The molecule has 4 nitrogen and oxygen atoms in total. The van der Waals surface area contributed by atoms with E-state index < -0.39 is 0 Å². The van der Waals surface area contributed by atoms with Gasteiger partial charge >= 0.3 is 0 Å². The van der Waals surface area contributed by atoms with Crippen LogP contribution in [-0.2, 0) is 6.54 Å². The Morgan fingerprint density at radius 3 is 2.95 bits per heavy atom. The van der Waals surface area contributed by atoms with E-state index in [1.54, 1.807) is 0 Å². The Labute approximate surface area is 112 Å². The van der Waals surface area contributed by atoms with E-state index in [0.717, 1.165) is 43.0 Å². The van der Waals surface area contributed by atoms with Gasteiger partial charge in [0.05, 0.1) is 17.2 Å². The molecule has 1 aromatic carbocycles. The molecule has 0 radical (unpaired) electrons. The van der Waals surface area contributed by atoms with Crippen molar-refractivity contribution < 1.29 is 0 Å². The number of benzene rings is 1. The second kappa shape index (κ2) is 5.53. The highest BCUT2D eigenvalue weighted by Crippen LogP contribution is 2.18. The number of nitrogens with one attached hydrogen (secondary N) is 1. The molecular weight excluding hydrogens is 238 g/mol. The molecule has 1 aliphatic rings. The predicted molar refractivity (Wildman–Crippen MR) is 76.3 cm³/mol. The molecule has 1 heterocycles. The number of hydrogen-bond donors (Lipinski definition) is 1. The Morgan fingerprint density at radius 2 is 2.11 bits per heavy atom. The molecule has 0 aliphatic heterocycles. The second-order valence-corrected chi connectivity index (χ2v) is 5.17. The summed E-state index contributed by atoms with van der Waals surface area (Å²) in [5.74, 6) is 0. The first kappa shape index (κ1) is 12.4. The third-order valence-corrected chi connectivity index (χ3v) is 3.57. The minimum Gasteiger partial charge on any atom is -0.314 e. The summed E-state index contributed by atoms with van der Waals surface area (Å²) >= 11 is 0. The molecule has 0 bridgehead atoms. The second-order valence-electron chi connectivity index (χ2n) is 5.17. The van der Waals surface area contributed by atoms with E-state index in [-0.39, 0.29) is 5.56 Å². The molecule has 19 heavy (non-hydrogen) atoms. The van der Waals surface area contributed by atoms with Crippen LogP contribution in [0.5, 0.6) is 0 Å². The van der Waals surface area contributed by atoms with Crippen molar-refractivity contribution in [1.29, 1.82) is 0 Å². The monoisotopic (exact) mass is 257 g/mol. The minimum absolute atomic E-state index is 0.00569. The molecule has 0 unspecified atom stereocenters. The highest BCUT2D eigenvalue weighted by molar-refractivity contribution is 5.74. The van der Waals surface area contributed by atoms with Crippen LogP contribution in [0.15, 0.2) is 35.3 Å². The van der Waals surface area contributed by atoms with Crippen LogP contribution < -0.4 is 10.9 Å². The van der Waals surface area contributed by atoms with Gasteiger partial charge in [-0.3, -0.25) is 4.79 Å². The van der Waals surface area contributed by atoms with Gasteiger partial charge in [-0.15, -0.1) is 0 Å². The van der Waals surface area contributed by atoms with Gasteiger partial charge in [-0.2, -0.15) is 0 Å². The van der Waals surface area contributed by atoms with Gasteiger partial charge in [-0.1, -0.05) is 12.1 Å². The summed E-state index contributed by atoms with van der Waals surface area (Å²) in [5, 5.41) is 3.49. The number of para-hydroxylation sites is 2. The summed E-state index contributed by atoms with van der Waals surface area (Å²) in [6, 6.07) is 8.58. The van der Waals surface area contributed by atoms with E-state index in [9.17, 15) is 4.79 Å². The molecule has 1 aliphatic carbocycles. The number of nitrogens with zero attached hydrogens (tertiary/aromatic N) is 2. The Morgan fingerprint density at radius 1 is 1.26 bits per heavy atom. The third kappa shape index (κ3) is 3.01. The van der Waals surface area contributed by atoms with Crippen molar-refractivity contribution in [3.63, 3.8) is 0 Å². The molecule has 1 saturated carbocycles. The highest BCUT2D eigenvalue weighted by atomic mass is 16.1. The first-order valence-corrected chi connectivity index (χ1v) is 7.02. The third-order valence-electron chi connectivity index (χ3n) is 3.57. The van der Waals surface area contributed by atoms with Crippen LogP contribution in [-0.4, -0.2) is 22.1 Å². The van der Waals surface area contributed by atoms with Crippen LogP contribution in [0, 0.1) is 0 Å². The van der Waals surface area contributed by atoms with E-state index in [1.165, 1.54) is 19.0 Å². The average molecular weight is 257 g/mol. The van der Waals surface area contributed by atoms with Gasteiger partial charge in [0.25, 0.3) is 5.56 Å². The maximum atomic E-state index is 11.9. The van der Waals surface area contributed by atoms with Crippen molar-refractivity contribution in [2.45, 2.75) is 38.3 Å². The molecule has 2 aromatic rings. The maximum Gasteiger partial charge on any atom is 0.269 e. The molecular formula is C15H19N3O. The molecule has 4 heteroatoms. The Kier molecular flexibility index (Phi) is 3.60. The van der Waals surface area contributed by atoms with Crippen molar-refractivity contribution >= 4 is 11.0 Å². The predicted octanol–water partition coefficient (Wildman–Crippen LogP) is 1.93. The Hall–Kier alpha value is -1.68. The number of aryl methyl sites for hydroxylation is 1. The van der Waals surface area contributed by atoms with E-state index in [4.69, 9.17) is 0 Å². The van der Waals surface area contributed by atoms with Gasteiger partial charge < -0.3 is 9.88 Å². The molecule has 0 spiro atoms. The fraction of sp³-hybridized carbons (Fsp3) is 0.467. The number of fused-ring (bicyclic) bond motifs is 1. The Bertz CT molecular complexity index is 616. The van der Waals surface area contributed by atoms with Crippen molar-refractivity contribution in [3.05, 3.63) is 40.8 Å². The molecule has 0 amide bonds. The molecule has 1 N–H and O–H groups in total. The van der Waals surface area contributed by atoms with Crippen LogP contribution in [0.3, 0.4) is 0 Å². The molecule has 0 atom stereocenters. The van der Waals surface area contributed by atoms with E-state index in [0.29, 0.717) is 0 Å². The summed E-state index contributed by atoms with van der Waals surface area (Å²) in [5.41, 5.74) is 1.82.